The van der Waals surface area contributed by atoms with Crippen molar-refractivity contribution in [3.05, 3.63) is 23.3 Å². The second-order valence-corrected chi connectivity index (χ2v) is 19.0. The van der Waals surface area contributed by atoms with E-state index in [1.54, 1.807) is 0 Å². The number of likely N-dealkylation sites (tertiary alicyclic amines) is 2. The van der Waals surface area contributed by atoms with Crippen LogP contribution in [0.25, 0.3) is 0 Å². The number of rotatable bonds is 2. The van der Waals surface area contributed by atoms with Crippen molar-refractivity contribution in [2.75, 3.05) is 26.2 Å². The van der Waals surface area contributed by atoms with Gasteiger partial charge in [0.05, 0.1) is 11.0 Å². The molecule has 47 heavy (non-hydrogen) atoms. The van der Waals surface area contributed by atoms with E-state index >= 15 is 0 Å². The number of Topliss-reactive ketones (excluding diaryl/α,β-unsaturated/α-hetero) is 1. The van der Waals surface area contributed by atoms with Gasteiger partial charge in [-0.15, -0.1) is 0 Å². The van der Waals surface area contributed by atoms with Gasteiger partial charge < -0.3 is 9.80 Å². The van der Waals surface area contributed by atoms with Crippen molar-refractivity contribution >= 4 is 17.5 Å². The monoisotopic (exact) mass is 641 g/mol. The minimum Gasteiger partial charge on any atom is -0.342 e. The fourth-order valence-corrected chi connectivity index (χ4v) is 13.0. The van der Waals surface area contributed by atoms with Gasteiger partial charge >= 0.3 is 0 Å². The first kappa shape index (κ1) is 33.2. The summed E-state index contributed by atoms with van der Waals surface area (Å²) in [6.45, 7) is 19.7. The van der Waals surface area contributed by atoms with E-state index in [9.17, 15) is 19.6 Å². The van der Waals surface area contributed by atoms with Gasteiger partial charge in [-0.1, -0.05) is 66.5 Å². The van der Waals surface area contributed by atoms with E-state index in [1.807, 2.05) is 26.0 Å². The molecule has 3 saturated carbocycles. The van der Waals surface area contributed by atoms with Crippen LogP contribution in [0.15, 0.2) is 23.3 Å². The SMILES string of the molecule is CC1(C)CC[C@]2(C(=O)N3CCC(N4CCCCC4)CC3)CC[C@]3(C)C(C(=O)C=C4[C@@]5(C)C=C(C#N)C(=O)C(C)(C)[C@@H]5CC[C@]43C)C2C1. The zero-order valence-corrected chi connectivity index (χ0v) is 30.3. The first-order chi connectivity index (χ1) is 22.0. The van der Waals surface area contributed by atoms with E-state index < -0.39 is 16.2 Å². The Kier molecular flexibility index (Phi) is 7.69. The highest BCUT2D eigenvalue weighted by atomic mass is 16.2. The van der Waals surface area contributed by atoms with Gasteiger partial charge in [-0.2, -0.15) is 5.26 Å². The van der Waals surface area contributed by atoms with Gasteiger partial charge in [-0.3, -0.25) is 14.4 Å². The van der Waals surface area contributed by atoms with Crippen LogP contribution < -0.4 is 0 Å². The van der Waals surface area contributed by atoms with Crippen molar-refractivity contribution in [1.29, 1.82) is 5.26 Å². The van der Waals surface area contributed by atoms with Crippen molar-refractivity contribution in [2.45, 2.75) is 132 Å². The lowest BCUT2D eigenvalue weighted by atomic mass is 9.34. The maximum atomic E-state index is 15.0. The Balaban J connectivity index is 1.25. The van der Waals surface area contributed by atoms with E-state index in [-0.39, 0.29) is 51.1 Å². The molecule has 0 radical (unpaired) electrons. The summed E-state index contributed by atoms with van der Waals surface area (Å²) in [7, 11) is 0. The minimum atomic E-state index is -0.666. The molecule has 2 saturated heterocycles. The van der Waals surface area contributed by atoms with Crippen molar-refractivity contribution in [1.82, 2.24) is 9.80 Å². The Morgan fingerprint density at radius 3 is 2.17 bits per heavy atom. The molecule has 6 heteroatoms. The van der Waals surface area contributed by atoms with Crippen molar-refractivity contribution in [3.63, 3.8) is 0 Å². The predicted molar refractivity (Wildman–Crippen MR) is 184 cm³/mol. The van der Waals surface area contributed by atoms with E-state index in [0.29, 0.717) is 11.9 Å². The normalized spacial score (nSPS) is 43.4. The molecule has 2 unspecified atom stereocenters. The van der Waals surface area contributed by atoms with E-state index in [4.69, 9.17) is 0 Å². The van der Waals surface area contributed by atoms with Crippen LogP contribution >= 0.6 is 0 Å². The lowest BCUT2D eigenvalue weighted by Gasteiger charge is -2.69. The quantitative estimate of drug-likeness (QED) is 0.309. The number of nitrogens with zero attached hydrogens (tertiary/aromatic N) is 3. The summed E-state index contributed by atoms with van der Waals surface area (Å²) in [5.41, 5.74) is -0.763. The van der Waals surface area contributed by atoms with Gasteiger partial charge in [0.1, 0.15) is 6.07 Å². The second kappa shape index (κ2) is 10.9. The molecule has 256 valence electrons. The summed E-state index contributed by atoms with van der Waals surface area (Å²) >= 11 is 0. The molecular weight excluding hydrogens is 582 g/mol. The minimum absolute atomic E-state index is 0.0274. The highest BCUT2D eigenvalue weighted by molar-refractivity contribution is 6.04. The number of hydrogen-bond donors (Lipinski definition) is 0. The van der Waals surface area contributed by atoms with Crippen molar-refractivity contribution in [2.24, 2.45) is 50.2 Å². The number of piperidine rings is 2. The molecule has 5 aliphatic carbocycles. The molecule has 6 nitrogen and oxygen atoms in total. The average Bonchev–Trinajstić information content (AvgIpc) is 3.04. The van der Waals surface area contributed by atoms with Crippen LogP contribution in [0, 0.1) is 61.6 Å². The maximum absolute atomic E-state index is 15.0. The molecule has 1 amide bonds. The van der Waals surface area contributed by atoms with Crippen LogP contribution in [0.4, 0.5) is 0 Å². The fourth-order valence-electron chi connectivity index (χ4n) is 13.0. The number of carbonyl (C=O) groups is 3. The maximum Gasteiger partial charge on any atom is 0.229 e. The second-order valence-electron chi connectivity index (χ2n) is 19.0. The summed E-state index contributed by atoms with van der Waals surface area (Å²) in [5.74, 6) is 0.333. The third-order valence-electron chi connectivity index (χ3n) is 15.9. The highest BCUT2D eigenvalue weighted by Gasteiger charge is 2.71. The molecule has 7 aliphatic rings. The third kappa shape index (κ3) is 4.60. The zero-order valence-electron chi connectivity index (χ0n) is 30.3. The number of carbonyl (C=O) groups excluding carboxylic acids is 3. The lowest BCUT2D eigenvalue weighted by molar-refractivity contribution is -0.185. The molecule has 0 aromatic carbocycles. The van der Waals surface area contributed by atoms with Crippen LogP contribution in [0.2, 0.25) is 0 Å². The van der Waals surface area contributed by atoms with Gasteiger partial charge in [0.2, 0.25) is 5.91 Å². The molecular formula is C41H59N3O3. The molecule has 0 N–H and O–H groups in total. The zero-order chi connectivity index (χ0) is 33.8. The fraction of sp³-hybridized carbons (Fsp3) is 0.805. The lowest BCUT2D eigenvalue weighted by Crippen LogP contribution is -2.67. The van der Waals surface area contributed by atoms with Gasteiger partial charge in [-0.25, -0.2) is 0 Å². The first-order valence-corrected chi connectivity index (χ1v) is 19.0. The molecule has 7 rings (SSSR count). The highest BCUT2D eigenvalue weighted by Crippen LogP contribution is 2.74. The van der Waals surface area contributed by atoms with Crippen molar-refractivity contribution in [3.8, 4) is 6.07 Å². The standard InChI is InChI=1S/C41H59N3O3/c1-36(2)15-17-41(35(47)44-21-12-28(13-22-44)43-19-9-8-10-20-43)18-16-40(7)33(29(41)25-36)30(45)23-32-38(5)24-27(26-42)34(46)37(3,4)31(38)11-14-39(32,40)6/h23-24,28-29,31,33H,8-22,25H2,1-7H3/t29?,31-,33?,38-,39+,40+,41-/m0/s1. The van der Waals surface area contributed by atoms with Crippen LogP contribution in [-0.4, -0.2) is 59.5 Å². The van der Waals surface area contributed by atoms with Crippen LogP contribution in [-0.2, 0) is 14.4 Å². The molecule has 0 aromatic rings. The number of amides is 1. The largest absolute Gasteiger partial charge is 0.342 e. The summed E-state index contributed by atoms with van der Waals surface area (Å²) in [5, 5.41) is 10.0. The average molecular weight is 642 g/mol. The van der Waals surface area contributed by atoms with Gasteiger partial charge in [0.25, 0.3) is 0 Å². The molecule has 7 atom stereocenters. The van der Waals surface area contributed by atoms with Gasteiger partial charge in [0.15, 0.2) is 11.6 Å². The summed E-state index contributed by atoms with van der Waals surface area (Å²) in [4.78, 5) is 48.2. The molecule has 5 fully saturated rings. The number of allylic oxidation sites excluding steroid dienone is 4. The van der Waals surface area contributed by atoms with Crippen LogP contribution in [0.5, 0.6) is 0 Å². The third-order valence-corrected chi connectivity index (χ3v) is 15.9. The molecule has 2 aliphatic heterocycles. The van der Waals surface area contributed by atoms with E-state index in [1.165, 1.54) is 32.4 Å². The molecule has 0 aromatic heterocycles. The molecule has 0 bridgehead atoms. The smallest absolute Gasteiger partial charge is 0.229 e. The molecule has 2 heterocycles. The van der Waals surface area contributed by atoms with Gasteiger partial charge in [0, 0.05) is 35.9 Å². The number of ketones is 2. The predicted octanol–water partition coefficient (Wildman–Crippen LogP) is 7.68. The van der Waals surface area contributed by atoms with E-state index in [2.05, 4.69) is 50.5 Å². The Morgan fingerprint density at radius 2 is 1.51 bits per heavy atom. The van der Waals surface area contributed by atoms with Crippen LogP contribution in [0.1, 0.15) is 126 Å². The molecule has 0 spiro atoms. The number of hydrogen-bond acceptors (Lipinski definition) is 5. The van der Waals surface area contributed by atoms with Gasteiger partial charge in [-0.05, 0) is 118 Å². The number of nitriles is 1. The Bertz CT molecular complexity index is 1470. The Hall–Kier alpha value is -2.26. The van der Waals surface area contributed by atoms with Crippen LogP contribution in [0.3, 0.4) is 0 Å². The summed E-state index contributed by atoms with van der Waals surface area (Å²) < 4.78 is 0. The topological polar surface area (TPSA) is 81.5 Å². The van der Waals surface area contributed by atoms with E-state index in [0.717, 1.165) is 76.5 Å². The first-order valence-electron chi connectivity index (χ1n) is 19.0. The summed E-state index contributed by atoms with van der Waals surface area (Å²) in [6, 6.07) is 2.82. The Morgan fingerprint density at radius 1 is 0.851 bits per heavy atom. The summed E-state index contributed by atoms with van der Waals surface area (Å²) in [6.07, 6.45) is 16.3. The number of fused-ring (bicyclic) bond motifs is 7. The van der Waals surface area contributed by atoms with Crippen molar-refractivity contribution < 1.29 is 14.4 Å². The Labute approximate surface area is 283 Å².